The van der Waals surface area contributed by atoms with Crippen LogP contribution in [-0.2, 0) is 18.3 Å². The lowest BCUT2D eigenvalue weighted by molar-refractivity contribution is -0.132. The van der Waals surface area contributed by atoms with Gasteiger partial charge in [-0.15, -0.1) is 0 Å². The zero-order valence-corrected chi connectivity index (χ0v) is 14.2. The fourth-order valence-corrected chi connectivity index (χ4v) is 3.48. The highest BCUT2D eigenvalue weighted by Gasteiger charge is 2.24. The highest BCUT2D eigenvalue weighted by Crippen LogP contribution is 2.22. The van der Waals surface area contributed by atoms with Gasteiger partial charge in [0.05, 0.1) is 18.1 Å². The number of likely N-dealkylation sites (tertiary alicyclic amines) is 1. The number of carbonyl (C=O) groups is 1. The Morgan fingerprint density at radius 1 is 1.39 bits per heavy atom. The lowest BCUT2D eigenvalue weighted by Crippen LogP contribution is -2.40. The predicted octanol–water partition coefficient (Wildman–Crippen LogP) is 2.03. The predicted molar refractivity (Wildman–Crippen MR) is 88.1 cm³/mol. The third-order valence-electron chi connectivity index (χ3n) is 4.94. The number of piperidine rings is 1. The number of hydrogen-bond acceptors (Lipinski definition) is 3. The summed E-state index contributed by atoms with van der Waals surface area (Å²) >= 11 is 0. The SMILES string of the molecule is Cc1nn(C)c(C)c1CCC(=O)N1CCCC(n2ccnc2)C1. The maximum absolute atomic E-state index is 12.6. The number of aryl methyl sites for hydroxylation is 2. The quantitative estimate of drug-likeness (QED) is 0.867. The first-order valence-electron chi connectivity index (χ1n) is 8.30. The molecular formula is C17H25N5O. The van der Waals surface area contributed by atoms with Crippen molar-refractivity contribution in [2.24, 2.45) is 7.05 Å². The molecule has 23 heavy (non-hydrogen) atoms. The Labute approximate surface area is 137 Å². The lowest BCUT2D eigenvalue weighted by Gasteiger charge is -2.33. The van der Waals surface area contributed by atoms with Crippen molar-refractivity contribution in [1.29, 1.82) is 0 Å². The monoisotopic (exact) mass is 315 g/mol. The summed E-state index contributed by atoms with van der Waals surface area (Å²) in [6, 6.07) is 0.358. The molecule has 0 spiro atoms. The number of carbonyl (C=O) groups excluding carboxylic acids is 1. The fourth-order valence-electron chi connectivity index (χ4n) is 3.48. The first-order chi connectivity index (χ1) is 11.1. The highest BCUT2D eigenvalue weighted by molar-refractivity contribution is 5.76. The van der Waals surface area contributed by atoms with Crippen molar-refractivity contribution in [2.45, 2.75) is 45.6 Å². The molecule has 2 aromatic rings. The second-order valence-corrected chi connectivity index (χ2v) is 6.42. The average Bonchev–Trinajstić information content (AvgIpc) is 3.16. The molecule has 0 aromatic carbocycles. The maximum atomic E-state index is 12.6. The van der Waals surface area contributed by atoms with Crippen LogP contribution in [0.3, 0.4) is 0 Å². The van der Waals surface area contributed by atoms with Crippen molar-refractivity contribution in [3.8, 4) is 0 Å². The summed E-state index contributed by atoms with van der Waals surface area (Å²) in [6.07, 6.45) is 9.14. The minimum atomic E-state index is 0.248. The van der Waals surface area contributed by atoms with E-state index in [1.165, 1.54) is 5.56 Å². The Bertz CT molecular complexity index is 673. The van der Waals surface area contributed by atoms with E-state index in [9.17, 15) is 4.79 Å². The summed E-state index contributed by atoms with van der Waals surface area (Å²) < 4.78 is 4.01. The Morgan fingerprint density at radius 2 is 2.22 bits per heavy atom. The van der Waals surface area contributed by atoms with Gasteiger partial charge in [0.15, 0.2) is 0 Å². The second kappa shape index (κ2) is 6.56. The first kappa shape index (κ1) is 15.8. The topological polar surface area (TPSA) is 56.0 Å². The number of nitrogens with zero attached hydrogens (tertiary/aromatic N) is 5. The van der Waals surface area contributed by atoms with E-state index < -0.39 is 0 Å². The minimum absolute atomic E-state index is 0.248. The van der Waals surface area contributed by atoms with Crippen LogP contribution >= 0.6 is 0 Å². The Balaban J connectivity index is 1.59. The van der Waals surface area contributed by atoms with Crippen molar-refractivity contribution in [3.05, 3.63) is 35.7 Å². The maximum Gasteiger partial charge on any atom is 0.222 e. The molecule has 1 atom stereocenters. The van der Waals surface area contributed by atoms with E-state index in [1.54, 1.807) is 6.20 Å². The van der Waals surface area contributed by atoms with Crippen LogP contribution in [0.4, 0.5) is 0 Å². The van der Waals surface area contributed by atoms with E-state index in [1.807, 2.05) is 36.1 Å². The lowest BCUT2D eigenvalue weighted by atomic mass is 10.0. The molecule has 1 amide bonds. The van der Waals surface area contributed by atoms with Gasteiger partial charge in [-0.25, -0.2) is 4.98 Å². The Kier molecular flexibility index (Phi) is 4.50. The zero-order valence-electron chi connectivity index (χ0n) is 14.2. The van der Waals surface area contributed by atoms with Gasteiger partial charge in [0, 0.05) is 44.6 Å². The van der Waals surface area contributed by atoms with Crippen LogP contribution in [0.1, 0.15) is 42.3 Å². The van der Waals surface area contributed by atoms with Crippen LogP contribution in [0.5, 0.6) is 0 Å². The van der Waals surface area contributed by atoms with Gasteiger partial charge in [-0.05, 0) is 38.7 Å². The van der Waals surface area contributed by atoms with Crippen molar-refractivity contribution < 1.29 is 4.79 Å². The van der Waals surface area contributed by atoms with Crippen LogP contribution in [0, 0.1) is 13.8 Å². The molecule has 0 aliphatic carbocycles. The number of aromatic nitrogens is 4. The summed E-state index contributed by atoms with van der Waals surface area (Å²) in [7, 11) is 1.95. The molecule has 1 aliphatic heterocycles. The van der Waals surface area contributed by atoms with Crippen LogP contribution in [-0.4, -0.2) is 43.2 Å². The average molecular weight is 315 g/mol. The van der Waals surface area contributed by atoms with Gasteiger partial charge < -0.3 is 9.47 Å². The largest absolute Gasteiger partial charge is 0.341 e. The molecule has 1 aliphatic rings. The van der Waals surface area contributed by atoms with Crippen molar-refractivity contribution in [3.63, 3.8) is 0 Å². The van der Waals surface area contributed by atoms with Gasteiger partial charge in [0.1, 0.15) is 0 Å². The van der Waals surface area contributed by atoms with Crippen LogP contribution in [0.25, 0.3) is 0 Å². The number of rotatable bonds is 4. The third-order valence-corrected chi connectivity index (χ3v) is 4.94. The van der Waals surface area contributed by atoms with Crippen molar-refractivity contribution in [2.75, 3.05) is 13.1 Å². The van der Waals surface area contributed by atoms with Gasteiger partial charge in [0.2, 0.25) is 5.91 Å². The van der Waals surface area contributed by atoms with Gasteiger partial charge in [-0.2, -0.15) is 5.10 Å². The van der Waals surface area contributed by atoms with Crippen molar-refractivity contribution in [1.82, 2.24) is 24.2 Å². The highest BCUT2D eigenvalue weighted by atomic mass is 16.2. The van der Waals surface area contributed by atoms with Crippen LogP contribution in [0.2, 0.25) is 0 Å². The molecule has 6 heteroatoms. The molecule has 6 nitrogen and oxygen atoms in total. The Morgan fingerprint density at radius 3 is 2.87 bits per heavy atom. The van der Waals surface area contributed by atoms with E-state index in [2.05, 4.69) is 21.6 Å². The molecule has 0 radical (unpaired) electrons. The molecule has 124 valence electrons. The molecule has 1 fully saturated rings. The number of imidazole rings is 1. The van der Waals surface area contributed by atoms with Crippen molar-refractivity contribution >= 4 is 5.91 Å². The van der Waals surface area contributed by atoms with Gasteiger partial charge in [-0.1, -0.05) is 0 Å². The smallest absolute Gasteiger partial charge is 0.222 e. The molecule has 0 bridgehead atoms. The standard InChI is InChI=1S/C17H25N5O/c1-13-16(14(2)20(3)19-13)6-7-17(23)21-9-4-5-15(11-21)22-10-8-18-12-22/h8,10,12,15H,4-7,9,11H2,1-3H3. The van der Waals surface area contributed by atoms with Crippen LogP contribution in [0.15, 0.2) is 18.7 Å². The van der Waals surface area contributed by atoms with Gasteiger partial charge >= 0.3 is 0 Å². The number of hydrogen-bond donors (Lipinski definition) is 0. The molecule has 1 unspecified atom stereocenters. The molecule has 0 saturated carbocycles. The summed E-state index contributed by atoms with van der Waals surface area (Å²) in [5.74, 6) is 0.248. The summed E-state index contributed by atoms with van der Waals surface area (Å²) in [4.78, 5) is 18.7. The molecule has 3 rings (SSSR count). The Hall–Kier alpha value is -2.11. The summed E-state index contributed by atoms with van der Waals surface area (Å²) in [5, 5.41) is 4.43. The minimum Gasteiger partial charge on any atom is -0.341 e. The molecular weight excluding hydrogens is 290 g/mol. The van der Waals surface area contributed by atoms with E-state index in [0.717, 1.165) is 43.7 Å². The summed E-state index contributed by atoms with van der Waals surface area (Å²) in [5.41, 5.74) is 3.40. The molecule has 0 N–H and O–H groups in total. The van der Waals surface area contributed by atoms with E-state index in [-0.39, 0.29) is 5.91 Å². The third kappa shape index (κ3) is 3.30. The van der Waals surface area contributed by atoms with Gasteiger partial charge in [-0.3, -0.25) is 9.48 Å². The molecule has 2 aromatic heterocycles. The van der Waals surface area contributed by atoms with E-state index in [4.69, 9.17) is 0 Å². The fraction of sp³-hybridized carbons (Fsp3) is 0.588. The van der Waals surface area contributed by atoms with E-state index in [0.29, 0.717) is 12.5 Å². The number of amides is 1. The zero-order chi connectivity index (χ0) is 16.4. The van der Waals surface area contributed by atoms with E-state index >= 15 is 0 Å². The molecule has 3 heterocycles. The second-order valence-electron chi connectivity index (χ2n) is 6.42. The van der Waals surface area contributed by atoms with Crippen LogP contribution < -0.4 is 0 Å². The summed E-state index contributed by atoms with van der Waals surface area (Å²) in [6.45, 7) is 5.74. The normalized spacial score (nSPS) is 18.4. The molecule has 1 saturated heterocycles. The van der Waals surface area contributed by atoms with Gasteiger partial charge in [0.25, 0.3) is 0 Å². The first-order valence-corrected chi connectivity index (χ1v) is 8.30.